The Morgan fingerprint density at radius 1 is 1.19 bits per heavy atom. The van der Waals surface area contributed by atoms with Crippen molar-refractivity contribution in [2.75, 3.05) is 7.11 Å². The molecule has 3 aromatic rings. The number of aromatic nitrogens is 2. The molecule has 21 heavy (non-hydrogen) atoms. The molecule has 1 N–H and O–H groups in total. The predicted octanol–water partition coefficient (Wildman–Crippen LogP) is 3.45. The number of hydrogen-bond acceptors (Lipinski definition) is 3. The molecule has 0 aliphatic rings. The fourth-order valence-corrected chi connectivity index (χ4v) is 2.57. The SMILES string of the molecule is CCC(O)c1c(-c2ccccc2OC)nc2ccccn12. The van der Waals surface area contributed by atoms with Gasteiger partial charge in [0.2, 0.25) is 0 Å². The van der Waals surface area contributed by atoms with E-state index in [0.717, 1.165) is 28.3 Å². The highest BCUT2D eigenvalue weighted by Crippen LogP contribution is 2.35. The number of ether oxygens (including phenoxy) is 1. The summed E-state index contributed by atoms with van der Waals surface area (Å²) in [6.07, 6.45) is 1.99. The van der Waals surface area contributed by atoms with Gasteiger partial charge in [-0.3, -0.25) is 0 Å². The van der Waals surface area contributed by atoms with Crippen LogP contribution in [0.25, 0.3) is 16.9 Å². The molecule has 0 aliphatic carbocycles. The Balaban J connectivity index is 2.31. The number of nitrogens with zero attached hydrogens (tertiary/aromatic N) is 2. The number of rotatable bonds is 4. The van der Waals surface area contributed by atoms with Crippen LogP contribution in [0.2, 0.25) is 0 Å². The Morgan fingerprint density at radius 3 is 2.71 bits per heavy atom. The quantitative estimate of drug-likeness (QED) is 0.797. The number of fused-ring (bicyclic) bond motifs is 1. The average Bonchev–Trinajstić information content (AvgIpc) is 2.93. The number of methoxy groups -OCH3 is 1. The number of aliphatic hydroxyl groups excluding tert-OH is 1. The summed E-state index contributed by atoms with van der Waals surface area (Å²) < 4.78 is 7.37. The largest absolute Gasteiger partial charge is 0.496 e. The lowest BCUT2D eigenvalue weighted by molar-refractivity contribution is 0.168. The van der Waals surface area contributed by atoms with Gasteiger partial charge >= 0.3 is 0 Å². The Labute approximate surface area is 123 Å². The third-order valence-corrected chi connectivity index (χ3v) is 3.63. The van der Waals surface area contributed by atoms with E-state index >= 15 is 0 Å². The summed E-state index contributed by atoms with van der Waals surface area (Å²) in [6.45, 7) is 1.96. The first-order valence-corrected chi connectivity index (χ1v) is 7.04. The van der Waals surface area contributed by atoms with Crippen LogP contribution in [0.1, 0.15) is 25.1 Å². The van der Waals surface area contributed by atoms with Gasteiger partial charge in [-0.2, -0.15) is 0 Å². The summed E-state index contributed by atoms with van der Waals surface area (Å²) >= 11 is 0. The zero-order valence-electron chi connectivity index (χ0n) is 12.2. The second-order valence-electron chi connectivity index (χ2n) is 4.90. The number of aliphatic hydroxyl groups is 1. The van der Waals surface area contributed by atoms with E-state index in [1.54, 1.807) is 7.11 Å². The van der Waals surface area contributed by atoms with Gasteiger partial charge in [0.15, 0.2) is 0 Å². The summed E-state index contributed by atoms with van der Waals surface area (Å²) in [5.41, 5.74) is 3.29. The van der Waals surface area contributed by atoms with Crippen LogP contribution < -0.4 is 4.74 Å². The van der Waals surface area contributed by atoms with Crippen LogP contribution in [0.15, 0.2) is 48.7 Å². The van der Waals surface area contributed by atoms with Gasteiger partial charge in [0.1, 0.15) is 11.4 Å². The Kier molecular flexibility index (Phi) is 3.62. The molecule has 1 unspecified atom stereocenters. The molecule has 3 rings (SSSR count). The van der Waals surface area contributed by atoms with Crippen molar-refractivity contribution in [2.24, 2.45) is 0 Å². The van der Waals surface area contributed by atoms with E-state index in [9.17, 15) is 5.11 Å². The molecule has 0 saturated carbocycles. The zero-order chi connectivity index (χ0) is 14.8. The Morgan fingerprint density at radius 2 is 1.95 bits per heavy atom. The monoisotopic (exact) mass is 282 g/mol. The molecule has 0 spiro atoms. The van der Waals surface area contributed by atoms with Crippen molar-refractivity contribution in [1.29, 1.82) is 0 Å². The normalized spacial score (nSPS) is 12.5. The second-order valence-corrected chi connectivity index (χ2v) is 4.90. The molecular weight excluding hydrogens is 264 g/mol. The highest BCUT2D eigenvalue weighted by atomic mass is 16.5. The Hall–Kier alpha value is -2.33. The molecule has 0 saturated heterocycles. The van der Waals surface area contributed by atoms with Crippen molar-refractivity contribution >= 4 is 5.65 Å². The molecule has 0 aliphatic heterocycles. The summed E-state index contributed by atoms with van der Waals surface area (Å²) in [4.78, 5) is 4.68. The van der Waals surface area contributed by atoms with Crippen molar-refractivity contribution in [3.05, 3.63) is 54.4 Å². The molecule has 1 atom stereocenters. The standard InChI is InChI=1S/C17H18N2O2/c1-3-13(20)17-16(12-8-4-5-9-14(12)21-2)18-15-10-6-7-11-19(15)17/h4-11,13,20H,3H2,1-2H3. The molecular formula is C17H18N2O2. The lowest BCUT2D eigenvalue weighted by Gasteiger charge is -2.12. The van der Waals surface area contributed by atoms with Gasteiger partial charge in [-0.1, -0.05) is 25.1 Å². The molecule has 2 aromatic heterocycles. The van der Waals surface area contributed by atoms with Crippen LogP contribution in [0.3, 0.4) is 0 Å². The lowest BCUT2D eigenvalue weighted by Crippen LogP contribution is -2.02. The first kappa shape index (κ1) is 13.6. The summed E-state index contributed by atoms with van der Waals surface area (Å²) in [5.74, 6) is 0.755. The number of hydrogen-bond donors (Lipinski definition) is 1. The first-order chi connectivity index (χ1) is 10.3. The number of benzene rings is 1. The molecule has 0 bridgehead atoms. The van der Waals surface area contributed by atoms with Crippen LogP contribution >= 0.6 is 0 Å². The average molecular weight is 282 g/mol. The lowest BCUT2D eigenvalue weighted by atomic mass is 10.0. The summed E-state index contributed by atoms with van der Waals surface area (Å²) in [6, 6.07) is 13.6. The maximum atomic E-state index is 10.4. The van der Waals surface area contributed by atoms with E-state index in [-0.39, 0.29) is 0 Å². The molecule has 0 fully saturated rings. The summed E-state index contributed by atoms with van der Waals surface area (Å²) in [7, 11) is 1.64. The van der Waals surface area contributed by atoms with Gasteiger partial charge in [-0.25, -0.2) is 4.98 Å². The van der Waals surface area contributed by atoms with E-state index in [4.69, 9.17) is 4.74 Å². The smallest absolute Gasteiger partial charge is 0.137 e. The van der Waals surface area contributed by atoms with Crippen LogP contribution in [0.4, 0.5) is 0 Å². The molecule has 108 valence electrons. The van der Waals surface area contributed by atoms with Gasteiger partial charge in [0.05, 0.1) is 24.6 Å². The predicted molar refractivity (Wildman–Crippen MR) is 82.4 cm³/mol. The van der Waals surface area contributed by atoms with E-state index in [0.29, 0.717) is 6.42 Å². The maximum absolute atomic E-state index is 10.4. The van der Waals surface area contributed by atoms with E-state index in [1.165, 1.54) is 0 Å². The topological polar surface area (TPSA) is 46.8 Å². The minimum Gasteiger partial charge on any atom is -0.496 e. The fourth-order valence-electron chi connectivity index (χ4n) is 2.57. The minimum absolute atomic E-state index is 0.567. The molecule has 1 aromatic carbocycles. The molecule has 4 nitrogen and oxygen atoms in total. The van der Waals surface area contributed by atoms with Crippen molar-refractivity contribution < 1.29 is 9.84 Å². The summed E-state index contributed by atoms with van der Waals surface area (Å²) in [5, 5.41) is 10.4. The zero-order valence-corrected chi connectivity index (χ0v) is 12.2. The van der Waals surface area contributed by atoms with E-state index in [2.05, 4.69) is 4.98 Å². The van der Waals surface area contributed by atoms with Crippen molar-refractivity contribution in [1.82, 2.24) is 9.38 Å². The molecule has 0 amide bonds. The van der Waals surface area contributed by atoms with Gasteiger partial charge in [-0.05, 0) is 30.7 Å². The van der Waals surface area contributed by atoms with Crippen LogP contribution in [-0.4, -0.2) is 21.6 Å². The second kappa shape index (κ2) is 5.58. The van der Waals surface area contributed by atoms with E-state index < -0.39 is 6.10 Å². The van der Waals surface area contributed by atoms with Gasteiger partial charge in [0.25, 0.3) is 0 Å². The highest BCUT2D eigenvalue weighted by molar-refractivity contribution is 5.72. The molecule has 2 heterocycles. The third-order valence-electron chi connectivity index (χ3n) is 3.63. The molecule has 0 radical (unpaired) electrons. The van der Waals surface area contributed by atoms with Gasteiger partial charge in [0, 0.05) is 11.8 Å². The number of pyridine rings is 1. The van der Waals surface area contributed by atoms with E-state index in [1.807, 2.05) is 60.0 Å². The minimum atomic E-state index is -0.567. The van der Waals surface area contributed by atoms with Gasteiger partial charge < -0.3 is 14.2 Å². The number of imidazole rings is 1. The van der Waals surface area contributed by atoms with Crippen LogP contribution in [0, 0.1) is 0 Å². The van der Waals surface area contributed by atoms with Crippen LogP contribution in [0.5, 0.6) is 5.75 Å². The maximum Gasteiger partial charge on any atom is 0.137 e. The number of para-hydroxylation sites is 1. The van der Waals surface area contributed by atoms with Gasteiger partial charge in [-0.15, -0.1) is 0 Å². The third kappa shape index (κ3) is 2.28. The first-order valence-electron chi connectivity index (χ1n) is 7.04. The van der Waals surface area contributed by atoms with Crippen molar-refractivity contribution in [2.45, 2.75) is 19.4 Å². The van der Waals surface area contributed by atoms with Crippen molar-refractivity contribution in [3.8, 4) is 17.0 Å². The highest BCUT2D eigenvalue weighted by Gasteiger charge is 2.21. The fraction of sp³-hybridized carbons (Fsp3) is 0.235. The Bertz CT molecular complexity index is 764. The van der Waals surface area contributed by atoms with Crippen LogP contribution in [-0.2, 0) is 0 Å². The molecule has 4 heteroatoms. The van der Waals surface area contributed by atoms with Crippen molar-refractivity contribution in [3.63, 3.8) is 0 Å².